The minimum absolute atomic E-state index is 0.0936. The highest BCUT2D eigenvalue weighted by Gasteiger charge is 2.26. The van der Waals surface area contributed by atoms with Crippen LogP contribution in [0.1, 0.15) is 15.9 Å². The molecule has 21 heavy (non-hydrogen) atoms. The predicted molar refractivity (Wildman–Crippen MR) is 81.2 cm³/mol. The molecule has 0 radical (unpaired) electrons. The van der Waals surface area contributed by atoms with Crippen molar-refractivity contribution >= 4 is 39.2 Å². The Morgan fingerprint density at radius 3 is 2.57 bits per heavy atom. The fourth-order valence-electron chi connectivity index (χ4n) is 1.92. The van der Waals surface area contributed by atoms with Crippen LogP contribution in [-0.4, -0.2) is 17.6 Å². The van der Waals surface area contributed by atoms with Gasteiger partial charge in [-0.15, -0.1) is 0 Å². The van der Waals surface area contributed by atoms with Crippen LogP contribution >= 0.6 is 15.9 Å². The lowest BCUT2D eigenvalue weighted by atomic mass is 10.1. The second-order valence-corrected chi connectivity index (χ2v) is 5.24. The molecular formula is C15H9BrN2O3. The molecule has 0 spiro atoms. The van der Waals surface area contributed by atoms with E-state index in [1.807, 2.05) is 0 Å². The van der Waals surface area contributed by atoms with Gasteiger partial charge >= 0.3 is 5.97 Å². The number of oxime groups is 1. The molecule has 0 aliphatic carbocycles. The van der Waals surface area contributed by atoms with Crippen LogP contribution in [0.2, 0.25) is 0 Å². The standard InChI is InChI=1S/C15H9BrN2O3/c16-10-7-5-9(6-8-10)15(20)21-18-13-11-3-1-2-4-12(11)17-14(13)19/h1-8H,(H,17,18,19). The average molecular weight is 345 g/mol. The highest BCUT2D eigenvalue weighted by Crippen LogP contribution is 2.22. The normalized spacial score (nSPS) is 14.7. The van der Waals surface area contributed by atoms with E-state index in [9.17, 15) is 9.59 Å². The van der Waals surface area contributed by atoms with Gasteiger partial charge in [0.05, 0.1) is 11.3 Å². The van der Waals surface area contributed by atoms with E-state index in [0.29, 0.717) is 16.8 Å². The monoisotopic (exact) mass is 344 g/mol. The quantitative estimate of drug-likeness (QED) is 0.672. The van der Waals surface area contributed by atoms with E-state index < -0.39 is 5.97 Å². The number of carbonyl (C=O) groups is 2. The van der Waals surface area contributed by atoms with Gasteiger partial charge in [0.1, 0.15) is 0 Å². The van der Waals surface area contributed by atoms with Crippen molar-refractivity contribution in [2.45, 2.75) is 0 Å². The lowest BCUT2D eigenvalue weighted by molar-refractivity contribution is -0.110. The number of anilines is 1. The third-order valence-electron chi connectivity index (χ3n) is 2.95. The first-order valence-corrected chi connectivity index (χ1v) is 6.90. The molecule has 2 aromatic carbocycles. The largest absolute Gasteiger partial charge is 0.365 e. The van der Waals surface area contributed by atoms with Gasteiger partial charge in [-0.2, -0.15) is 0 Å². The molecule has 104 valence electrons. The molecule has 0 bridgehead atoms. The zero-order valence-electron chi connectivity index (χ0n) is 10.7. The summed E-state index contributed by atoms with van der Waals surface area (Å²) in [7, 11) is 0. The zero-order chi connectivity index (χ0) is 14.8. The van der Waals surface area contributed by atoms with Crippen LogP contribution in [0, 0.1) is 0 Å². The summed E-state index contributed by atoms with van der Waals surface area (Å²) < 4.78 is 0.856. The van der Waals surface area contributed by atoms with E-state index in [4.69, 9.17) is 4.84 Å². The molecular weight excluding hydrogens is 336 g/mol. The van der Waals surface area contributed by atoms with Crippen LogP contribution in [0.3, 0.4) is 0 Å². The van der Waals surface area contributed by atoms with E-state index in [2.05, 4.69) is 26.4 Å². The molecule has 1 heterocycles. The van der Waals surface area contributed by atoms with E-state index in [-0.39, 0.29) is 11.6 Å². The molecule has 1 aliphatic rings. The number of fused-ring (bicyclic) bond motifs is 1. The van der Waals surface area contributed by atoms with Crippen LogP contribution in [-0.2, 0) is 9.63 Å². The molecule has 2 aromatic rings. The Morgan fingerprint density at radius 2 is 1.81 bits per heavy atom. The van der Waals surface area contributed by atoms with Gasteiger partial charge in [0.15, 0.2) is 5.71 Å². The summed E-state index contributed by atoms with van der Waals surface area (Å²) in [6.45, 7) is 0. The van der Waals surface area contributed by atoms with Crippen LogP contribution in [0.25, 0.3) is 0 Å². The number of hydrogen-bond donors (Lipinski definition) is 1. The van der Waals surface area contributed by atoms with Gasteiger partial charge in [-0.25, -0.2) is 4.79 Å². The molecule has 0 unspecified atom stereocenters. The van der Waals surface area contributed by atoms with E-state index in [0.717, 1.165) is 4.47 Å². The number of nitrogens with one attached hydrogen (secondary N) is 1. The van der Waals surface area contributed by atoms with Gasteiger partial charge in [0, 0.05) is 10.0 Å². The summed E-state index contributed by atoms with van der Waals surface area (Å²) >= 11 is 3.28. The first-order chi connectivity index (χ1) is 10.1. The average Bonchev–Trinajstić information content (AvgIpc) is 2.81. The van der Waals surface area contributed by atoms with Gasteiger partial charge in [-0.05, 0) is 30.3 Å². The fraction of sp³-hybridized carbons (Fsp3) is 0. The Hall–Kier alpha value is -2.47. The second-order valence-electron chi connectivity index (χ2n) is 4.33. The molecule has 0 aromatic heterocycles. The number of rotatable bonds is 2. The Morgan fingerprint density at radius 1 is 1.10 bits per heavy atom. The molecule has 0 saturated heterocycles. The lowest BCUT2D eigenvalue weighted by Crippen LogP contribution is -2.15. The van der Waals surface area contributed by atoms with Crippen molar-refractivity contribution in [3.05, 3.63) is 64.1 Å². The molecule has 0 fully saturated rings. The smallest absolute Gasteiger partial charge is 0.320 e. The number of amides is 1. The highest BCUT2D eigenvalue weighted by molar-refractivity contribution is 9.10. The maximum Gasteiger partial charge on any atom is 0.365 e. The highest BCUT2D eigenvalue weighted by atomic mass is 79.9. The first-order valence-electron chi connectivity index (χ1n) is 6.11. The first kappa shape index (κ1) is 13.5. The van der Waals surface area contributed by atoms with Gasteiger partial charge in [0.2, 0.25) is 0 Å². The van der Waals surface area contributed by atoms with E-state index in [1.54, 1.807) is 48.5 Å². The minimum Gasteiger partial charge on any atom is -0.320 e. The van der Waals surface area contributed by atoms with Gasteiger partial charge < -0.3 is 10.2 Å². The lowest BCUT2D eigenvalue weighted by Gasteiger charge is -1.99. The number of hydrogen-bond acceptors (Lipinski definition) is 4. The number of para-hydroxylation sites is 1. The zero-order valence-corrected chi connectivity index (χ0v) is 12.3. The maximum absolute atomic E-state index is 11.9. The molecule has 3 rings (SSSR count). The Balaban J connectivity index is 1.82. The van der Waals surface area contributed by atoms with Crippen molar-refractivity contribution in [2.75, 3.05) is 5.32 Å². The number of carbonyl (C=O) groups excluding carboxylic acids is 2. The second kappa shape index (κ2) is 5.49. The van der Waals surface area contributed by atoms with Gasteiger partial charge in [0.25, 0.3) is 5.91 Å². The van der Waals surface area contributed by atoms with Gasteiger partial charge in [-0.1, -0.05) is 39.3 Å². The third-order valence-corrected chi connectivity index (χ3v) is 3.47. The topological polar surface area (TPSA) is 67.8 Å². The van der Waals surface area contributed by atoms with Crippen molar-refractivity contribution in [3.8, 4) is 0 Å². The van der Waals surface area contributed by atoms with E-state index in [1.165, 1.54) is 0 Å². The number of benzene rings is 2. The number of nitrogens with zero attached hydrogens (tertiary/aromatic N) is 1. The third kappa shape index (κ3) is 2.71. The Kier molecular flexibility index (Phi) is 3.53. The SMILES string of the molecule is O=C1Nc2ccccc2C1=NOC(=O)c1ccc(Br)cc1. The maximum atomic E-state index is 11.9. The van der Waals surface area contributed by atoms with Crippen LogP contribution in [0.4, 0.5) is 5.69 Å². The fourth-order valence-corrected chi connectivity index (χ4v) is 2.18. The molecule has 0 atom stereocenters. The van der Waals surface area contributed by atoms with E-state index >= 15 is 0 Å². The molecule has 1 aliphatic heterocycles. The van der Waals surface area contributed by atoms with Crippen molar-refractivity contribution in [1.29, 1.82) is 0 Å². The van der Waals surface area contributed by atoms with Crippen LogP contribution in [0.15, 0.2) is 58.2 Å². The summed E-state index contributed by atoms with van der Waals surface area (Å²) in [6, 6.07) is 13.7. The molecule has 5 nitrogen and oxygen atoms in total. The van der Waals surface area contributed by atoms with Crippen molar-refractivity contribution < 1.29 is 14.4 Å². The molecule has 0 saturated carbocycles. The number of halogens is 1. The predicted octanol–water partition coefficient (Wildman–Crippen LogP) is 2.96. The summed E-state index contributed by atoms with van der Waals surface area (Å²) in [6.07, 6.45) is 0. The Labute approximate surface area is 128 Å². The van der Waals surface area contributed by atoms with Gasteiger partial charge in [-0.3, -0.25) is 4.79 Å². The van der Waals surface area contributed by atoms with Crippen molar-refractivity contribution in [2.24, 2.45) is 5.16 Å². The molecule has 6 heteroatoms. The molecule has 1 N–H and O–H groups in total. The van der Waals surface area contributed by atoms with Crippen LogP contribution in [0.5, 0.6) is 0 Å². The summed E-state index contributed by atoms with van der Waals surface area (Å²) in [5.41, 5.74) is 1.72. The minimum atomic E-state index is -0.618. The van der Waals surface area contributed by atoms with Crippen molar-refractivity contribution in [3.63, 3.8) is 0 Å². The summed E-state index contributed by atoms with van der Waals surface area (Å²) in [5, 5.41) is 6.34. The van der Waals surface area contributed by atoms with Crippen molar-refractivity contribution in [1.82, 2.24) is 0 Å². The van der Waals surface area contributed by atoms with Crippen LogP contribution < -0.4 is 5.32 Å². The Bertz CT molecular complexity index is 754. The molecule has 1 amide bonds. The summed E-state index contributed by atoms with van der Waals surface area (Å²) in [5.74, 6) is -1.01. The summed E-state index contributed by atoms with van der Waals surface area (Å²) in [4.78, 5) is 28.5.